The summed E-state index contributed by atoms with van der Waals surface area (Å²) in [4.78, 5) is 23.3. The second-order valence-electron chi connectivity index (χ2n) is 4.34. The molecule has 1 aromatic heterocycles. The first-order valence-electron chi connectivity index (χ1n) is 6.15. The zero-order valence-electron chi connectivity index (χ0n) is 11.4. The van der Waals surface area contributed by atoms with Crippen LogP contribution >= 0.6 is 0 Å². The van der Waals surface area contributed by atoms with E-state index in [4.69, 9.17) is 4.42 Å². The average molecular weight is 312 g/mol. The maximum absolute atomic E-state index is 13.4. The third-order valence-electron chi connectivity index (χ3n) is 2.82. The number of anilines is 1. The number of nitrogens with one attached hydrogen (secondary N) is 2. The fraction of sp³-hybridized carbons (Fsp3) is 0.143. The maximum Gasteiger partial charge on any atom is 0.255 e. The molecule has 2 rings (SSSR count). The predicted octanol–water partition coefficient (Wildman–Crippen LogP) is 2.37. The second kappa shape index (κ2) is 6.33. The van der Waals surface area contributed by atoms with E-state index in [2.05, 4.69) is 5.32 Å². The summed E-state index contributed by atoms with van der Waals surface area (Å²) in [5, 5.41) is 4.32. The van der Waals surface area contributed by atoms with E-state index in [0.717, 1.165) is 6.07 Å². The number of hydrogen-bond acceptors (Lipinski definition) is 3. The van der Waals surface area contributed by atoms with Crippen molar-refractivity contribution in [2.45, 2.75) is 6.92 Å². The Morgan fingerprint density at radius 3 is 2.50 bits per heavy atom. The van der Waals surface area contributed by atoms with Crippen molar-refractivity contribution in [2.75, 3.05) is 11.9 Å². The van der Waals surface area contributed by atoms with Crippen LogP contribution in [0.1, 0.15) is 16.1 Å². The van der Waals surface area contributed by atoms with Crippen LogP contribution in [0.4, 0.5) is 18.9 Å². The first kappa shape index (κ1) is 15.6. The van der Waals surface area contributed by atoms with Crippen LogP contribution in [-0.4, -0.2) is 18.4 Å². The van der Waals surface area contributed by atoms with Gasteiger partial charge in [0, 0.05) is 0 Å². The lowest BCUT2D eigenvalue weighted by Gasteiger charge is -2.08. The van der Waals surface area contributed by atoms with E-state index < -0.39 is 41.5 Å². The third kappa shape index (κ3) is 3.27. The van der Waals surface area contributed by atoms with Gasteiger partial charge in [0.15, 0.2) is 17.5 Å². The largest absolute Gasteiger partial charge is 0.469 e. The molecule has 2 amide bonds. The van der Waals surface area contributed by atoms with Gasteiger partial charge in [-0.15, -0.1) is 0 Å². The van der Waals surface area contributed by atoms with E-state index in [1.807, 2.05) is 5.32 Å². The maximum atomic E-state index is 13.4. The lowest BCUT2D eigenvalue weighted by molar-refractivity contribution is -0.115. The Morgan fingerprint density at radius 1 is 1.14 bits per heavy atom. The number of benzene rings is 1. The number of furan rings is 1. The highest BCUT2D eigenvalue weighted by Crippen LogP contribution is 2.19. The highest BCUT2D eigenvalue weighted by Gasteiger charge is 2.16. The quantitative estimate of drug-likeness (QED) is 0.852. The summed E-state index contributed by atoms with van der Waals surface area (Å²) in [6.45, 7) is 1.10. The molecule has 0 aliphatic carbocycles. The van der Waals surface area contributed by atoms with Gasteiger partial charge in [-0.05, 0) is 25.1 Å². The molecule has 0 aliphatic rings. The number of aryl methyl sites for hydroxylation is 1. The fourth-order valence-electron chi connectivity index (χ4n) is 1.69. The topological polar surface area (TPSA) is 71.3 Å². The Kier molecular flexibility index (Phi) is 4.50. The molecule has 0 saturated carbocycles. The molecule has 2 N–H and O–H groups in total. The van der Waals surface area contributed by atoms with Crippen molar-refractivity contribution in [1.82, 2.24) is 5.32 Å². The molecule has 0 fully saturated rings. The van der Waals surface area contributed by atoms with E-state index in [1.165, 1.54) is 12.3 Å². The van der Waals surface area contributed by atoms with Crippen LogP contribution in [0, 0.1) is 24.4 Å². The second-order valence-corrected chi connectivity index (χ2v) is 4.34. The lowest BCUT2D eigenvalue weighted by Crippen LogP contribution is -2.33. The van der Waals surface area contributed by atoms with Crippen molar-refractivity contribution in [3.8, 4) is 0 Å². The van der Waals surface area contributed by atoms with E-state index in [-0.39, 0.29) is 5.56 Å². The van der Waals surface area contributed by atoms with Crippen molar-refractivity contribution in [3.05, 3.63) is 53.2 Å². The van der Waals surface area contributed by atoms with Crippen LogP contribution < -0.4 is 10.6 Å². The van der Waals surface area contributed by atoms with E-state index in [1.54, 1.807) is 6.92 Å². The number of carbonyl (C=O) groups is 2. The molecule has 116 valence electrons. The average Bonchev–Trinajstić information content (AvgIpc) is 2.91. The van der Waals surface area contributed by atoms with Crippen molar-refractivity contribution >= 4 is 17.5 Å². The molecule has 22 heavy (non-hydrogen) atoms. The van der Waals surface area contributed by atoms with Gasteiger partial charge in [-0.1, -0.05) is 0 Å². The normalized spacial score (nSPS) is 10.4. The van der Waals surface area contributed by atoms with Gasteiger partial charge in [0.25, 0.3) is 5.91 Å². The van der Waals surface area contributed by atoms with Crippen LogP contribution in [0.3, 0.4) is 0 Å². The summed E-state index contributed by atoms with van der Waals surface area (Å²) in [7, 11) is 0. The number of hydrogen-bond donors (Lipinski definition) is 2. The van der Waals surface area contributed by atoms with Gasteiger partial charge in [0.05, 0.1) is 24.1 Å². The summed E-state index contributed by atoms with van der Waals surface area (Å²) in [6, 6.07) is 2.99. The van der Waals surface area contributed by atoms with Gasteiger partial charge in [-0.25, -0.2) is 13.2 Å². The van der Waals surface area contributed by atoms with Gasteiger partial charge in [-0.2, -0.15) is 0 Å². The Labute approximate surface area is 123 Å². The van der Waals surface area contributed by atoms with E-state index >= 15 is 0 Å². The number of halogens is 3. The molecule has 0 spiro atoms. The minimum absolute atomic E-state index is 0.256. The zero-order chi connectivity index (χ0) is 16.3. The summed E-state index contributed by atoms with van der Waals surface area (Å²) in [5.74, 6) is -5.52. The van der Waals surface area contributed by atoms with Crippen LogP contribution in [0.25, 0.3) is 0 Å². The minimum Gasteiger partial charge on any atom is -0.469 e. The van der Waals surface area contributed by atoms with Gasteiger partial charge in [0.1, 0.15) is 5.76 Å². The van der Waals surface area contributed by atoms with Gasteiger partial charge in [0.2, 0.25) is 5.91 Å². The zero-order valence-corrected chi connectivity index (χ0v) is 11.4. The summed E-state index contributed by atoms with van der Waals surface area (Å²) < 4.78 is 44.1. The standard InChI is InChI=1S/C14H11F3N2O3/c1-7-8(4-5-22-7)14(21)18-6-11(20)19-10-3-2-9(15)12(16)13(10)17/h2-5H,6H2,1H3,(H,18,21)(H,19,20). The van der Waals surface area contributed by atoms with Gasteiger partial charge < -0.3 is 15.1 Å². The predicted molar refractivity (Wildman–Crippen MR) is 70.7 cm³/mol. The van der Waals surface area contributed by atoms with Crippen molar-refractivity contribution in [1.29, 1.82) is 0 Å². The van der Waals surface area contributed by atoms with Gasteiger partial charge >= 0.3 is 0 Å². The first-order valence-corrected chi connectivity index (χ1v) is 6.15. The molecule has 2 aromatic rings. The van der Waals surface area contributed by atoms with E-state index in [0.29, 0.717) is 11.8 Å². The first-order chi connectivity index (χ1) is 10.4. The number of amides is 2. The van der Waals surface area contributed by atoms with Crippen LogP contribution in [0.2, 0.25) is 0 Å². The smallest absolute Gasteiger partial charge is 0.255 e. The fourth-order valence-corrected chi connectivity index (χ4v) is 1.69. The highest BCUT2D eigenvalue weighted by molar-refractivity contribution is 5.99. The molecule has 0 atom stereocenters. The Bertz CT molecular complexity index is 728. The van der Waals surface area contributed by atoms with Crippen molar-refractivity contribution in [3.63, 3.8) is 0 Å². The summed E-state index contributed by atoms with van der Waals surface area (Å²) in [5.41, 5.74) is -0.260. The molecule has 1 aromatic carbocycles. The number of carbonyl (C=O) groups excluding carboxylic acids is 2. The SMILES string of the molecule is Cc1occc1C(=O)NCC(=O)Nc1ccc(F)c(F)c1F. The Balaban J connectivity index is 1.95. The van der Waals surface area contributed by atoms with Crippen LogP contribution in [0.5, 0.6) is 0 Å². The molecule has 0 radical (unpaired) electrons. The van der Waals surface area contributed by atoms with Crippen molar-refractivity contribution < 1.29 is 27.2 Å². The molecule has 0 bridgehead atoms. The van der Waals surface area contributed by atoms with Crippen molar-refractivity contribution in [2.24, 2.45) is 0 Å². The van der Waals surface area contributed by atoms with Crippen LogP contribution in [0.15, 0.2) is 28.9 Å². The Hall–Kier alpha value is -2.77. The van der Waals surface area contributed by atoms with Crippen LogP contribution in [-0.2, 0) is 4.79 Å². The number of rotatable bonds is 4. The summed E-state index contributed by atoms with van der Waals surface area (Å²) >= 11 is 0. The molecular formula is C14H11F3N2O3. The molecular weight excluding hydrogens is 301 g/mol. The van der Waals surface area contributed by atoms with E-state index in [9.17, 15) is 22.8 Å². The molecule has 1 heterocycles. The minimum atomic E-state index is -1.68. The lowest BCUT2D eigenvalue weighted by atomic mass is 10.2. The molecule has 8 heteroatoms. The summed E-state index contributed by atoms with van der Waals surface area (Å²) in [6.07, 6.45) is 1.32. The highest BCUT2D eigenvalue weighted by atomic mass is 19.2. The molecule has 0 unspecified atom stereocenters. The molecule has 5 nitrogen and oxygen atoms in total. The molecule has 0 saturated heterocycles. The molecule has 0 aliphatic heterocycles. The Morgan fingerprint density at radius 2 is 1.86 bits per heavy atom. The third-order valence-corrected chi connectivity index (χ3v) is 2.82. The van der Waals surface area contributed by atoms with Gasteiger partial charge in [-0.3, -0.25) is 9.59 Å². The monoisotopic (exact) mass is 312 g/mol.